The Morgan fingerprint density at radius 2 is 1.65 bits per heavy atom. The van der Waals surface area contributed by atoms with Crippen LogP contribution >= 0.6 is 0 Å². The Labute approximate surface area is 150 Å². The van der Waals surface area contributed by atoms with Crippen LogP contribution in [0.2, 0.25) is 0 Å². The molecule has 0 bridgehead atoms. The fraction of sp³-hybridized carbons (Fsp3) is 0.211. The highest BCUT2D eigenvalue weighted by Crippen LogP contribution is 2.11. The molecule has 26 heavy (non-hydrogen) atoms. The van der Waals surface area contributed by atoms with E-state index in [1.165, 1.54) is 22.7 Å². The van der Waals surface area contributed by atoms with Gasteiger partial charge in [0.05, 0.1) is 18.5 Å². The molecule has 0 spiro atoms. The van der Waals surface area contributed by atoms with Gasteiger partial charge in [0.15, 0.2) is 0 Å². The van der Waals surface area contributed by atoms with Crippen molar-refractivity contribution in [1.29, 1.82) is 0 Å². The van der Waals surface area contributed by atoms with Crippen molar-refractivity contribution in [3.63, 3.8) is 0 Å². The van der Waals surface area contributed by atoms with Crippen molar-refractivity contribution in [3.05, 3.63) is 76.5 Å². The molecule has 0 aliphatic rings. The van der Waals surface area contributed by atoms with Gasteiger partial charge in [-0.15, -0.1) is 0 Å². The van der Waals surface area contributed by atoms with Gasteiger partial charge >= 0.3 is 11.7 Å². The van der Waals surface area contributed by atoms with Crippen molar-refractivity contribution in [1.82, 2.24) is 14.3 Å². The molecule has 7 nitrogen and oxygen atoms in total. The van der Waals surface area contributed by atoms with Gasteiger partial charge in [-0.1, -0.05) is 24.3 Å². The van der Waals surface area contributed by atoms with Crippen LogP contribution < -0.4 is 11.4 Å². The molecule has 0 radical (unpaired) electrons. The van der Waals surface area contributed by atoms with Gasteiger partial charge in [-0.05, 0) is 41.8 Å². The second-order valence-electron chi connectivity index (χ2n) is 5.81. The fourth-order valence-corrected chi connectivity index (χ4v) is 2.60. The SMILES string of the molecule is COC(=O)CCc1ccc(-n2ncn(-c3ccc(CN)cc3)c2=O)cc1. The number of rotatable bonds is 6. The molecular formula is C19H20N4O3. The van der Waals surface area contributed by atoms with Crippen molar-refractivity contribution >= 4 is 5.97 Å². The Morgan fingerprint density at radius 1 is 1.04 bits per heavy atom. The molecule has 2 N–H and O–H groups in total. The highest BCUT2D eigenvalue weighted by molar-refractivity contribution is 5.69. The Kier molecular flexibility index (Phi) is 5.28. The third-order valence-corrected chi connectivity index (χ3v) is 4.15. The van der Waals surface area contributed by atoms with Crippen molar-refractivity contribution in [3.8, 4) is 11.4 Å². The molecule has 0 unspecified atom stereocenters. The van der Waals surface area contributed by atoms with Crippen LogP contribution in [0.5, 0.6) is 0 Å². The van der Waals surface area contributed by atoms with Gasteiger partial charge in [-0.3, -0.25) is 4.79 Å². The molecule has 0 fully saturated rings. The maximum Gasteiger partial charge on any atom is 0.355 e. The summed E-state index contributed by atoms with van der Waals surface area (Å²) in [6.45, 7) is 0.455. The molecule has 0 amide bonds. The number of nitrogens with zero attached hydrogens (tertiary/aromatic N) is 3. The molecule has 1 heterocycles. The van der Waals surface area contributed by atoms with Gasteiger partial charge in [-0.2, -0.15) is 9.78 Å². The van der Waals surface area contributed by atoms with E-state index in [2.05, 4.69) is 9.84 Å². The van der Waals surface area contributed by atoms with Crippen LogP contribution in [-0.2, 0) is 22.5 Å². The summed E-state index contributed by atoms with van der Waals surface area (Å²) >= 11 is 0. The van der Waals surface area contributed by atoms with Crippen LogP contribution in [0, 0.1) is 0 Å². The lowest BCUT2D eigenvalue weighted by atomic mass is 10.1. The third-order valence-electron chi connectivity index (χ3n) is 4.15. The van der Waals surface area contributed by atoms with Gasteiger partial charge in [0.1, 0.15) is 6.33 Å². The minimum absolute atomic E-state index is 0.246. The van der Waals surface area contributed by atoms with E-state index < -0.39 is 0 Å². The third kappa shape index (κ3) is 3.73. The fourth-order valence-electron chi connectivity index (χ4n) is 2.60. The molecule has 1 aromatic heterocycles. The van der Waals surface area contributed by atoms with Gasteiger partial charge in [-0.25, -0.2) is 9.36 Å². The first-order valence-electron chi connectivity index (χ1n) is 8.24. The Balaban J connectivity index is 1.81. The van der Waals surface area contributed by atoms with E-state index in [0.717, 1.165) is 16.8 Å². The summed E-state index contributed by atoms with van der Waals surface area (Å²) in [7, 11) is 1.37. The Morgan fingerprint density at radius 3 is 2.27 bits per heavy atom. The lowest BCUT2D eigenvalue weighted by Crippen LogP contribution is -2.22. The predicted octanol–water partition coefficient (Wildman–Crippen LogP) is 1.59. The van der Waals surface area contributed by atoms with E-state index in [9.17, 15) is 9.59 Å². The van der Waals surface area contributed by atoms with Crippen molar-refractivity contribution in [2.75, 3.05) is 7.11 Å². The zero-order valence-electron chi connectivity index (χ0n) is 14.5. The average Bonchev–Trinajstić information content (AvgIpc) is 3.08. The number of aromatic nitrogens is 3. The van der Waals surface area contributed by atoms with Gasteiger partial charge in [0, 0.05) is 13.0 Å². The van der Waals surface area contributed by atoms with Gasteiger partial charge in [0.25, 0.3) is 0 Å². The lowest BCUT2D eigenvalue weighted by molar-refractivity contribution is -0.140. The molecule has 2 aromatic carbocycles. The van der Waals surface area contributed by atoms with Crippen LogP contribution in [0.15, 0.2) is 59.7 Å². The van der Waals surface area contributed by atoms with Crippen molar-refractivity contribution < 1.29 is 9.53 Å². The molecule has 3 aromatic rings. The summed E-state index contributed by atoms with van der Waals surface area (Å²) < 4.78 is 7.45. The van der Waals surface area contributed by atoms with Crippen LogP contribution in [0.4, 0.5) is 0 Å². The number of esters is 1. The number of benzene rings is 2. The minimum atomic E-state index is -0.257. The Bertz CT molecular complexity index is 940. The molecule has 0 aliphatic heterocycles. The van der Waals surface area contributed by atoms with Crippen LogP contribution in [0.25, 0.3) is 11.4 Å². The summed E-state index contributed by atoms with van der Waals surface area (Å²) in [5, 5.41) is 4.19. The minimum Gasteiger partial charge on any atom is -0.469 e. The second kappa shape index (κ2) is 7.79. The number of ether oxygens (including phenoxy) is 1. The number of hydrogen-bond donors (Lipinski definition) is 1. The first-order valence-corrected chi connectivity index (χ1v) is 8.24. The molecule has 0 aliphatic carbocycles. The zero-order valence-corrected chi connectivity index (χ0v) is 14.5. The number of methoxy groups -OCH3 is 1. The van der Waals surface area contributed by atoms with E-state index in [1.54, 1.807) is 0 Å². The van der Waals surface area contributed by atoms with Gasteiger partial charge < -0.3 is 10.5 Å². The van der Waals surface area contributed by atoms with E-state index >= 15 is 0 Å². The summed E-state index contributed by atoms with van der Waals surface area (Å²) in [6.07, 6.45) is 2.40. The molecule has 0 saturated heterocycles. The highest BCUT2D eigenvalue weighted by atomic mass is 16.5. The molecule has 0 saturated carbocycles. The number of carbonyl (C=O) groups is 1. The van der Waals surface area contributed by atoms with Crippen LogP contribution in [0.1, 0.15) is 17.5 Å². The first kappa shape index (κ1) is 17.6. The van der Waals surface area contributed by atoms with Crippen LogP contribution in [0.3, 0.4) is 0 Å². The summed E-state index contributed by atoms with van der Waals surface area (Å²) in [5.41, 5.74) is 8.72. The lowest BCUT2D eigenvalue weighted by Gasteiger charge is -2.04. The van der Waals surface area contributed by atoms with E-state index in [1.807, 2.05) is 48.5 Å². The van der Waals surface area contributed by atoms with Crippen LogP contribution in [-0.4, -0.2) is 27.4 Å². The molecule has 0 atom stereocenters. The Hall–Kier alpha value is -3.19. The summed E-state index contributed by atoms with van der Waals surface area (Å²) in [4.78, 5) is 23.8. The molecule has 134 valence electrons. The molecule has 7 heteroatoms. The van der Waals surface area contributed by atoms with E-state index in [-0.39, 0.29) is 11.7 Å². The quantitative estimate of drug-likeness (QED) is 0.680. The largest absolute Gasteiger partial charge is 0.469 e. The summed E-state index contributed by atoms with van der Waals surface area (Å²) in [5.74, 6) is -0.246. The predicted molar refractivity (Wildman–Crippen MR) is 97.4 cm³/mol. The normalized spacial score (nSPS) is 10.7. The van der Waals surface area contributed by atoms with E-state index in [4.69, 9.17) is 5.73 Å². The van der Waals surface area contributed by atoms with Gasteiger partial charge in [0.2, 0.25) is 0 Å². The number of nitrogens with two attached hydrogens (primary N) is 1. The molecular weight excluding hydrogens is 332 g/mol. The number of carbonyl (C=O) groups excluding carboxylic acids is 1. The smallest absolute Gasteiger partial charge is 0.355 e. The molecule has 3 rings (SSSR count). The topological polar surface area (TPSA) is 92.1 Å². The first-order chi connectivity index (χ1) is 12.6. The monoisotopic (exact) mass is 352 g/mol. The average molecular weight is 352 g/mol. The second-order valence-corrected chi connectivity index (χ2v) is 5.81. The standard InChI is InChI=1S/C19H20N4O3/c1-26-18(24)11-6-14-2-9-17(10-3-14)23-19(25)22(13-21-23)16-7-4-15(12-20)5-8-16/h2-5,7-10,13H,6,11-12,20H2,1H3. The van der Waals surface area contributed by atoms with Crippen molar-refractivity contribution in [2.45, 2.75) is 19.4 Å². The maximum atomic E-state index is 12.6. The summed E-state index contributed by atoms with van der Waals surface area (Å²) in [6, 6.07) is 14.8. The maximum absolute atomic E-state index is 12.6. The number of hydrogen-bond acceptors (Lipinski definition) is 5. The van der Waals surface area contributed by atoms with E-state index in [0.29, 0.717) is 25.1 Å². The highest BCUT2D eigenvalue weighted by Gasteiger charge is 2.09. The zero-order chi connectivity index (χ0) is 18.5. The van der Waals surface area contributed by atoms with Crippen molar-refractivity contribution in [2.24, 2.45) is 5.73 Å². The number of aryl methyl sites for hydroxylation is 1.